The van der Waals surface area contributed by atoms with Gasteiger partial charge < -0.3 is 4.43 Å². The van der Waals surface area contributed by atoms with Gasteiger partial charge in [-0.3, -0.25) is 4.99 Å². The van der Waals surface area contributed by atoms with Crippen molar-refractivity contribution in [3.8, 4) is 5.75 Å². The monoisotopic (exact) mass is 337 g/mol. The first kappa shape index (κ1) is 16.2. The van der Waals surface area contributed by atoms with E-state index in [1.165, 1.54) is 0 Å². The molecular weight excluding hydrogens is 318 g/mol. The molecule has 0 radical (unpaired) electrons. The zero-order valence-corrected chi connectivity index (χ0v) is 15.0. The fraction of sp³-hybridized carbons (Fsp3) is 0.235. The number of nitrogens with zero attached hydrogens (tertiary/aromatic N) is 5. The maximum atomic E-state index is 6.11. The number of para-hydroxylation sites is 1. The van der Waals surface area contributed by atoms with Crippen LogP contribution in [0.15, 0.2) is 47.8 Å². The number of hydrogen-bond donors (Lipinski definition) is 0. The molecule has 0 spiro atoms. The fourth-order valence-corrected chi connectivity index (χ4v) is 2.99. The van der Waals surface area contributed by atoms with Gasteiger partial charge in [0.1, 0.15) is 11.3 Å². The largest absolute Gasteiger partial charge is 0.544 e. The Morgan fingerprint density at radius 1 is 1.08 bits per heavy atom. The molecule has 0 saturated heterocycles. The molecule has 0 aliphatic rings. The van der Waals surface area contributed by atoms with Crippen LogP contribution in [0.5, 0.6) is 5.75 Å². The third kappa shape index (κ3) is 4.20. The van der Waals surface area contributed by atoms with Crippen molar-refractivity contribution in [3.63, 3.8) is 0 Å². The van der Waals surface area contributed by atoms with Gasteiger partial charge in [0, 0.05) is 18.0 Å². The van der Waals surface area contributed by atoms with Crippen molar-refractivity contribution < 1.29 is 4.43 Å². The molecule has 0 amide bonds. The first-order valence-electron chi connectivity index (χ1n) is 7.72. The summed E-state index contributed by atoms with van der Waals surface area (Å²) in [5.74, 6) is 1.42. The van der Waals surface area contributed by atoms with E-state index in [-0.39, 0.29) is 0 Å². The van der Waals surface area contributed by atoms with Gasteiger partial charge in [-0.05, 0) is 25.7 Å². The highest BCUT2D eigenvalue weighted by Crippen LogP contribution is 2.22. The van der Waals surface area contributed by atoms with Crippen molar-refractivity contribution in [1.82, 2.24) is 19.9 Å². The highest BCUT2D eigenvalue weighted by molar-refractivity contribution is 6.70. The lowest BCUT2D eigenvalue weighted by Gasteiger charge is -2.21. The summed E-state index contributed by atoms with van der Waals surface area (Å²) in [5, 5.41) is 0. The molecule has 122 valence electrons. The third-order valence-electron chi connectivity index (χ3n) is 3.10. The quantitative estimate of drug-likeness (QED) is 0.528. The Labute approximate surface area is 141 Å². The lowest BCUT2D eigenvalue weighted by molar-refractivity contribution is 0.549. The second kappa shape index (κ2) is 6.84. The van der Waals surface area contributed by atoms with Crippen LogP contribution in [0.3, 0.4) is 0 Å². The van der Waals surface area contributed by atoms with Gasteiger partial charge in [0.05, 0.1) is 19.0 Å². The highest BCUT2D eigenvalue weighted by atomic mass is 28.4. The van der Waals surface area contributed by atoms with E-state index < -0.39 is 8.32 Å². The Balaban J connectivity index is 1.76. The maximum absolute atomic E-state index is 6.11. The van der Waals surface area contributed by atoms with E-state index in [0.717, 1.165) is 11.3 Å². The van der Waals surface area contributed by atoms with Gasteiger partial charge in [0.15, 0.2) is 11.5 Å². The molecule has 0 bridgehead atoms. The second-order valence-corrected chi connectivity index (χ2v) is 10.7. The Morgan fingerprint density at radius 2 is 1.88 bits per heavy atom. The molecule has 1 aromatic carbocycles. The van der Waals surface area contributed by atoms with Gasteiger partial charge in [-0.15, -0.1) is 0 Å². The van der Waals surface area contributed by atoms with Crippen LogP contribution in [0, 0.1) is 0 Å². The molecule has 24 heavy (non-hydrogen) atoms. The summed E-state index contributed by atoms with van der Waals surface area (Å²) in [5.41, 5.74) is 2.29. The van der Waals surface area contributed by atoms with Gasteiger partial charge in [-0.1, -0.05) is 18.2 Å². The average Bonchev–Trinajstić information content (AvgIpc) is 2.55. The normalized spacial score (nSPS) is 12.0. The average molecular weight is 337 g/mol. The minimum absolute atomic E-state index is 0.516. The summed E-state index contributed by atoms with van der Waals surface area (Å²) in [6.45, 7) is 7.01. The van der Waals surface area contributed by atoms with Crippen molar-refractivity contribution in [2.75, 3.05) is 0 Å². The van der Waals surface area contributed by atoms with Crippen LogP contribution in [-0.2, 0) is 6.54 Å². The SMILES string of the molecule is C[Si](C)(C)Oc1ccccc1CN=Cc1ncc2nccnc2n1. The lowest BCUT2D eigenvalue weighted by Crippen LogP contribution is -2.29. The second-order valence-electron chi connectivity index (χ2n) is 6.29. The molecule has 0 atom stereocenters. The first-order chi connectivity index (χ1) is 11.5. The van der Waals surface area contributed by atoms with E-state index in [1.54, 1.807) is 24.8 Å². The summed E-state index contributed by atoms with van der Waals surface area (Å²) in [6, 6.07) is 7.99. The Kier molecular flexibility index (Phi) is 4.61. The molecule has 0 unspecified atom stereocenters. The predicted octanol–water partition coefficient (Wildman–Crippen LogP) is 3.25. The molecule has 2 aromatic heterocycles. The van der Waals surface area contributed by atoms with Crippen molar-refractivity contribution in [3.05, 3.63) is 54.2 Å². The zero-order valence-electron chi connectivity index (χ0n) is 14.0. The maximum Gasteiger partial charge on any atom is 0.242 e. The van der Waals surface area contributed by atoms with E-state index in [0.29, 0.717) is 23.5 Å². The van der Waals surface area contributed by atoms with Crippen LogP contribution in [0.4, 0.5) is 0 Å². The number of hydrogen-bond acceptors (Lipinski definition) is 6. The van der Waals surface area contributed by atoms with Crippen molar-refractivity contribution in [2.45, 2.75) is 26.2 Å². The molecule has 7 heteroatoms. The van der Waals surface area contributed by atoms with E-state index in [1.807, 2.05) is 24.3 Å². The minimum atomic E-state index is -1.65. The molecule has 2 heterocycles. The zero-order chi connectivity index (χ0) is 17.0. The molecule has 0 fully saturated rings. The summed E-state index contributed by atoms with van der Waals surface area (Å²) >= 11 is 0. The topological polar surface area (TPSA) is 73.2 Å². The molecule has 0 N–H and O–H groups in total. The van der Waals surface area contributed by atoms with Gasteiger partial charge in [-0.25, -0.2) is 19.9 Å². The molecule has 0 saturated carbocycles. The van der Waals surface area contributed by atoms with Crippen LogP contribution in [0.25, 0.3) is 11.2 Å². The Bertz CT molecular complexity index is 876. The van der Waals surface area contributed by atoms with Crippen LogP contribution < -0.4 is 4.43 Å². The Hall–Kier alpha value is -2.67. The smallest absolute Gasteiger partial charge is 0.242 e. The molecule has 0 aliphatic carbocycles. The number of fused-ring (bicyclic) bond motifs is 1. The third-order valence-corrected chi connectivity index (χ3v) is 3.94. The van der Waals surface area contributed by atoms with Crippen LogP contribution in [0.2, 0.25) is 19.6 Å². The fourth-order valence-electron chi connectivity index (χ4n) is 2.14. The Morgan fingerprint density at radius 3 is 2.71 bits per heavy atom. The van der Waals surface area contributed by atoms with Crippen LogP contribution in [0.1, 0.15) is 11.4 Å². The van der Waals surface area contributed by atoms with Crippen molar-refractivity contribution in [1.29, 1.82) is 0 Å². The highest BCUT2D eigenvalue weighted by Gasteiger charge is 2.17. The molecular formula is C17H19N5OSi. The number of rotatable bonds is 5. The van der Waals surface area contributed by atoms with Gasteiger partial charge >= 0.3 is 0 Å². The van der Waals surface area contributed by atoms with Crippen LogP contribution in [-0.4, -0.2) is 34.5 Å². The van der Waals surface area contributed by atoms with E-state index >= 15 is 0 Å². The van der Waals surface area contributed by atoms with Crippen molar-refractivity contribution in [2.24, 2.45) is 4.99 Å². The summed E-state index contributed by atoms with van der Waals surface area (Å²) in [6.07, 6.45) is 6.54. The van der Waals surface area contributed by atoms with Crippen molar-refractivity contribution >= 4 is 25.7 Å². The van der Waals surface area contributed by atoms with E-state index in [2.05, 4.69) is 44.6 Å². The standard InChI is InChI=1S/C17H19N5OSi/c1-24(2,3)23-15-7-5-4-6-13(15)10-18-12-16-21-11-14-17(22-16)20-9-8-19-14/h4-9,11-12H,10H2,1-3H3. The number of aliphatic imine (C=N–C) groups is 1. The minimum Gasteiger partial charge on any atom is -0.544 e. The van der Waals surface area contributed by atoms with Gasteiger partial charge in [0.25, 0.3) is 0 Å². The van der Waals surface area contributed by atoms with Crippen LogP contribution >= 0.6 is 0 Å². The number of aromatic nitrogens is 4. The lowest BCUT2D eigenvalue weighted by atomic mass is 10.2. The summed E-state index contributed by atoms with van der Waals surface area (Å²) in [4.78, 5) is 21.3. The number of benzene rings is 1. The van der Waals surface area contributed by atoms with Gasteiger partial charge in [0.2, 0.25) is 8.32 Å². The van der Waals surface area contributed by atoms with E-state index in [4.69, 9.17) is 4.43 Å². The molecule has 6 nitrogen and oxygen atoms in total. The summed E-state index contributed by atoms with van der Waals surface area (Å²) in [7, 11) is -1.65. The first-order valence-corrected chi connectivity index (χ1v) is 11.1. The summed E-state index contributed by atoms with van der Waals surface area (Å²) < 4.78 is 6.11. The molecule has 3 aromatic rings. The molecule has 3 rings (SSSR count). The predicted molar refractivity (Wildman–Crippen MR) is 96.8 cm³/mol. The molecule has 0 aliphatic heterocycles. The van der Waals surface area contributed by atoms with Gasteiger partial charge in [-0.2, -0.15) is 0 Å². The van der Waals surface area contributed by atoms with E-state index in [9.17, 15) is 0 Å².